The fourth-order valence-electron chi connectivity index (χ4n) is 2.29. The summed E-state index contributed by atoms with van der Waals surface area (Å²) in [5.74, 6) is 1.96. The monoisotopic (exact) mass is 388 g/mol. The average Bonchev–Trinajstić information content (AvgIpc) is 3.21. The fraction of sp³-hybridized carbons (Fsp3) is 0.278. The van der Waals surface area contributed by atoms with E-state index in [1.807, 2.05) is 50.2 Å². The first-order chi connectivity index (χ1) is 12.5. The Morgan fingerprint density at radius 3 is 2.85 bits per heavy atom. The summed E-state index contributed by atoms with van der Waals surface area (Å²) in [5, 5.41) is 12.2. The van der Waals surface area contributed by atoms with Crippen LogP contribution in [0.2, 0.25) is 0 Å². The molecule has 0 aliphatic heterocycles. The van der Waals surface area contributed by atoms with Crippen molar-refractivity contribution >= 4 is 39.8 Å². The summed E-state index contributed by atoms with van der Waals surface area (Å²) in [7, 11) is 1.77. The van der Waals surface area contributed by atoms with Crippen LogP contribution in [0.1, 0.15) is 17.1 Å². The molecule has 1 amide bonds. The molecule has 0 unspecified atom stereocenters. The molecule has 6 nitrogen and oxygen atoms in total. The molecule has 0 aliphatic carbocycles. The molecule has 8 heteroatoms. The number of amides is 1. The predicted octanol–water partition coefficient (Wildman–Crippen LogP) is 4.24. The molecule has 0 aliphatic rings. The molecule has 0 saturated heterocycles. The number of aromatic nitrogens is 2. The predicted molar refractivity (Wildman–Crippen MR) is 105 cm³/mol. The van der Waals surface area contributed by atoms with Crippen LogP contribution in [0.15, 0.2) is 45.2 Å². The van der Waals surface area contributed by atoms with Gasteiger partial charge in [-0.1, -0.05) is 35.2 Å². The van der Waals surface area contributed by atoms with Gasteiger partial charge in [-0.3, -0.25) is 4.79 Å². The second kappa shape index (κ2) is 8.37. The molecule has 0 bridgehead atoms. The first-order valence-corrected chi connectivity index (χ1v) is 9.89. The Morgan fingerprint density at radius 1 is 1.27 bits per heavy atom. The molecule has 0 fully saturated rings. The van der Waals surface area contributed by atoms with Crippen LogP contribution < -0.4 is 5.32 Å². The van der Waals surface area contributed by atoms with Crippen molar-refractivity contribution in [3.8, 4) is 0 Å². The highest BCUT2D eigenvalue weighted by Gasteiger charge is 2.13. The highest BCUT2D eigenvalue weighted by Crippen LogP contribution is 2.28. The number of furan rings is 1. The van der Waals surface area contributed by atoms with E-state index >= 15 is 0 Å². The van der Waals surface area contributed by atoms with Crippen LogP contribution in [0.5, 0.6) is 0 Å². The minimum Gasteiger partial charge on any atom is -0.464 e. The van der Waals surface area contributed by atoms with Gasteiger partial charge >= 0.3 is 0 Å². The zero-order chi connectivity index (χ0) is 18.5. The number of rotatable bonds is 7. The molecule has 3 aromatic rings. The van der Waals surface area contributed by atoms with E-state index < -0.39 is 0 Å². The molecule has 26 heavy (non-hydrogen) atoms. The Labute approximate surface area is 160 Å². The van der Waals surface area contributed by atoms with Gasteiger partial charge in [0.2, 0.25) is 11.0 Å². The van der Waals surface area contributed by atoms with Gasteiger partial charge in [-0.15, -0.1) is 10.2 Å². The van der Waals surface area contributed by atoms with Crippen LogP contribution >= 0.6 is 23.1 Å². The maximum Gasteiger partial charge on any atom is 0.233 e. The van der Waals surface area contributed by atoms with Gasteiger partial charge in [-0.25, -0.2) is 0 Å². The third kappa shape index (κ3) is 5.09. The number of nitrogens with zero attached hydrogens (tertiary/aromatic N) is 3. The first-order valence-electron chi connectivity index (χ1n) is 8.09. The second-order valence-electron chi connectivity index (χ2n) is 5.92. The summed E-state index contributed by atoms with van der Waals surface area (Å²) in [6, 6.07) is 11.8. The fourth-order valence-corrected chi connectivity index (χ4v) is 4.00. The number of benzene rings is 1. The molecule has 0 spiro atoms. The quantitative estimate of drug-likeness (QED) is 0.610. The summed E-state index contributed by atoms with van der Waals surface area (Å²) >= 11 is 2.83. The van der Waals surface area contributed by atoms with E-state index in [4.69, 9.17) is 4.42 Å². The van der Waals surface area contributed by atoms with Gasteiger partial charge in [-0.05, 0) is 43.7 Å². The van der Waals surface area contributed by atoms with Gasteiger partial charge in [-0.2, -0.15) is 0 Å². The highest BCUT2D eigenvalue weighted by atomic mass is 32.2. The summed E-state index contributed by atoms with van der Waals surface area (Å²) < 4.78 is 6.27. The molecule has 2 aromatic heterocycles. The third-order valence-corrected chi connectivity index (χ3v) is 5.57. The lowest BCUT2D eigenvalue weighted by atomic mass is 10.2. The van der Waals surface area contributed by atoms with Gasteiger partial charge < -0.3 is 14.6 Å². The maximum absolute atomic E-state index is 12.3. The smallest absolute Gasteiger partial charge is 0.233 e. The number of hydrogen-bond acceptors (Lipinski definition) is 7. The largest absolute Gasteiger partial charge is 0.464 e. The SMILES string of the molecule is Cc1cccc(Nc2nnc(SCC(=O)N(C)Cc3ccc(C)o3)s2)c1. The topological polar surface area (TPSA) is 71.3 Å². The summed E-state index contributed by atoms with van der Waals surface area (Å²) in [6.45, 7) is 4.39. The molecule has 2 heterocycles. The van der Waals surface area contributed by atoms with Crippen molar-refractivity contribution in [2.45, 2.75) is 24.7 Å². The van der Waals surface area contributed by atoms with Crippen LogP contribution in [0, 0.1) is 13.8 Å². The molecule has 136 valence electrons. The lowest BCUT2D eigenvalue weighted by Gasteiger charge is -2.14. The van der Waals surface area contributed by atoms with Crippen molar-refractivity contribution in [1.82, 2.24) is 15.1 Å². The molecule has 0 radical (unpaired) electrons. The number of carbonyl (C=O) groups is 1. The molecule has 1 aromatic carbocycles. The van der Waals surface area contributed by atoms with E-state index in [-0.39, 0.29) is 5.91 Å². The molecule has 0 atom stereocenters. The Bertz CT molecular complexity index is 891. The molecular formula is C18H20N4O2S2. The van der Waals surface area contributed by atoms with Gasteiger partial charge in [0.1, 0.15) is 11.5 Å². The first kappa shape index (κ1) is 18.5. The lowest BCUT2D eigenvalue weighted by Crippen LogP contribution is -2.27. The number of nitrogens with one attached hydrogen (secondary N) is 1. The number of hydrogen-bond donors (Lipinski definition) is 1. The van der Waals surface area contributed by atoms with Crippen LogP contribution in [0.4, 0.5) is 10.8 Å². The standard InChI is InChI=1S/C18H20N4O2S2/c1-12-5-4-6-14(9-12)19-17-20-21-18(26-17)25-11-16(23)22(3)10-15-8-7-13(2)24-15/h4-9H,10-11H2,1-3H3,(H,19,20). The van der Waals surface area contributed by atoms with Crippen LogP contribution in [0.3, 0.4) is 0 Å². The van der Waals surface area contributed by atoms with E-state index in [1.165, 1.54) is 28.7 Å². The van der Waals surface area contributed by atoms with E-state index in [2.05, 4.69) is 15.5 Å². The Morgan fingerprint density at radius 2 is 2.12 bits per heavy atom. The van der Waals surface area contributed by atoms with Crippen LogP contribution in [-0.4, -0.2) is 33.8 Å². The summed E-state index contributed by atoms with van der Waals surface area (Å²) in [5.41, 5.74) is 2.15. The van der Waals surface area contributed by atoms with Crippen molar-refractivity contribution in [2.75, 3.05) is 18.1 Å². The number of thioether (sulfide) groups is 1. The zero-order valence-corrected chi connectivity index (χ0v) is 16.5. The molecule has 0 saturated carbocycles. The van der Waals surface area contributed by atoms with Crippen molar-refractivity contribution in [2.24, 2.45) is 0 Å². The number of anilines is 2. The van der Waals surface area contributed by atoms with Crippen molar-refractivity contribution < 1.29 is 9.21 Å². The van der Waals surface area contributed by atoms with E-state index in [9.17, 15) is 4.79 Å². The highest BCUT2D eigenvalue weighted by molar-refractivity contribution is 8.01. The van der Waals surface area contributed by atoms with Gasteiger partial charge in [0.15, 0.2) is 4.34 Å². The Balaban J connectivity index is 1.50. The normalized spacial score (nSPS) is 10.7. The van der Waals surface area contributed by atoms with Gasteiger partial charge in [0, 0.05) is 12.7 Å². The van der Waals surface area contributed by atoms with Crippen molar-refractivity contribution in [3.05, 3.63) is 53.5 Å². The molecule has 3 rings (SSSR count). The van der Waals surface area contributed by atoms with E-state index in [0.29, 0.717) is 17.4 Å². The van der Waals surface area contributed by atoms with Gasteiger partial charge in [0.25, 0.3) is 0 Å². The Hall–Kier alpha value is -2.32. The maximum atomic E-state index is 12.3. The molecular weight excluding hydrogens is 368 g/mol. The average molecular weight is 389 g/mol. The van der Waals surface area contributed by atoms with Crippen LogP contribution in [0.25, 0.3) is 0 Å². The van der Waals surface area contributed by atoms with E-state index in [0.717, 1.165) is 21.5 Å². The summed E-state index contributed by atoms with van der Waals surface area (Å²) in [6.07, 6.45) is 0. The van der Waals surface area contributed by atoms with Crippen LogP contribution in [-0.2, 0) is 11.3 Å². The number of carbonyl (C=O) groups excluding carboxylic acids is 1. The number of aryl methyl sites for hydroxylation is 2. The minimum absolute atomic E-state index is 0.0208. The van der Waals surface area contributed by atoms with E-state index in [1.54, 1.807) is 11.9 Å². The Kier molecular flexibility index (Phi) is 5.95. The third-order valence-electron chi connectivity index (χ3n) is 3.61. The van der Waals surface area contributed by atoms with Crippen molar-refractivity contribution in [3.63, 3.8) is 0 Å². The molecule has 1 N–H and O–H groups in total. The summed E-state index contributed by atoms with van der Waals surface area (Å²) in [4.78, 5) is 13.9. The van der Waals surface area contributed by atoms with Crippen molar-refractivity contribution in [1.29, 1.82) is 0 Å². The lowest BCUT2D eigenvalue weighted by molar-refractivity contribution is -0.127. The van der Waals surface area contributed by atoms with Gasteiger partial charge in [0.05, 0.1) is 12.3 Å². The second-order valence-corrected chi connectivity index (χ2v) is 8.12. The zero-order valence-electron chi connectivity index (χ0n) is 14.9. The minimum atomic E-state index is 0.0208.